The SMILES string of the molecule is Cc1nc(NC(=O)C(C)N2CCN(CC(C)O)C(C)C2)sc1C. The number of thiazole rings is 1. The lowest BCUT2D eigenvalue weighted by Gasteiger charge is -2.42. The van der Waals surface area contributed by atoms with Gasteiger partial charge in [-0.15, -0.1) is 11.3 Å². The minimum Gasteiger partial charge on any atom is -0.392 e. The van der Waals surface area contributed by atoms with Crippen molar-refractivity contribution in [2.75, 3.05) is 31.5 Å². The molecule has 0 aromatic carbocycles. The minimum atomic E-state index is -0.318. The van der Waals surface area contributed by atoms with Crippen LogP contribution in [0.1, 0.15) is 31.3 Å². The Hall–Kier alpha value is -1.02. The standard InChI is InChI=1S/C16H28N4O2S/c1-10-8-20(7-6-19(10)9-11(2)21)13(4)15(22)18-16-17-12(3)14(5)23-16/h10-11,13,21H,6-9H2,1-5H3,(H,17,18,22). The number of aliphatic hydroxyl groups excluding tert-OH is 1. The molecule has 6 nitrogen and oxygen atoms in total. The van der Waals surface area contributed by atoms with Crippen molar-refractivity contribution in [3.63, 3.8) is 0 Å². The first-order valence-electron chi connectivity index (χ1n) is 8.19. The van der Waals surface area contributed by atoms with Crippen LogP contribution < -0.4 is 5.32 Å². The molecule has 2 N–H and O–H groups in total. The van der Waals surface area contributed by atoms with Gasteiger partial charge in [0.15, 0.2) is 5.13 Å². The topological polar surface area (TPSA) is 68.7 Å². The van der Waals surface area contributed by atoms with E-state index in [1.54, 1.807) is 0 Å². The summed E-state index contributed by atoms with van der Waals surface area (Å²) in [7, 11) is 0. The maximum absolute atomic E-state index is 12.5. The van der Waals surface area contributed by atoms with Crippen molar-refractivity contribution in [2.45, 2.75) is 52.8 Å². The average molecular weight is 340 g/mol. The van der Waals surface area contributed by atoms with E-state index >= 15 is 0 Å². The van der Waals surface area contributed by atoms with Gasteiger partial charge in [0.05, 0.1) is 17.8 Å². The van der Waals surface area contributed by atoms with Gasteiger partial charge in [-0.3, -0.25) is 14.6 Å². The van der Waals surface area contributed by atoms with Gasteiger partial charge in [-0.1, -0.05) is 0 Å². The van der Waals surface area contributed by atoms with Crippen LogP contribution in [0.15, 0.2) is 0 Å². The zero-order valence-corrected chi connectivity index (χ0v) is 15.5. The molecule has 1 aliphatic rings. The smallest absolute Gasteiger partial charge is 0.243 e. The second kappa shape index (κ2) is 7.70. The van der Waals surface area contributed by atoms with E-state index in [0.717, 1.165) is 30.2 Å². The van der Waals surface area contributed by atoms with E-state index in [9.17, 15) is 9.90 Å². The van der Waals surface area contributed by atoms with Gasteiger partial charge in [0.25, 0.3) is 0 Å². The molecule has 0 saturated carbocycles. The Balaban J connectivity index is 1.90. The second-order valence-electron chi connectivity index (χ2n) is 6.51. The van der Waals surface area contributed by atoms with E-state index in [0.29, 0.717) is 17.7 Å². The Morgan fingerprint density at radius 1 is 1.43 bits per heavy atom. The predicted molar refractivity (Wildman–Crippen MR) is 94.0 cm³/mol. The Kier molecular flexibility index (Phi) is 6.13. The molecule has 1 aromatic heterocycles. The molecule has 1 saturated heterocycles. The molecule has 0 bridgehead atoms. The number of aromatic nitrogens is 1. The van der Waals surface area contributed by atoms with E-state index in [2.05, 4.69) is 27.0 Å². The number of hydrogen-bond acceptors (Lipinski definition) is 6. The summed E-state index contributed by atoms with van der Waals surface area (Å²) in [5, 5.41) is 13.2. The molecule has 1 aliphatic heterocycles. The average Bonchev–Trinajstić information content (AvgIpc) is 2.78. The van der Waals surface area contributed by atoms with Crippen molar-refractivity contribution in [1.29, 1.82) is 0 Å². The molecular formula is C16H28N4O2S. The van der Waals surface area contributed by atoms with Crippen LogP contribution in [0.25, 0.3) is 0 Å². The number of carbonyl (C=O) groups excluding carboxylic acids is 1. The Morgan fingerprint density at radius 2 is 2.13 bits per heavy atom. The van der Waals surface area contributed by atoms with Gasteiger partial charge >= 0.3 is 0 Å². The van der Waals surface area contributed by atoms with Crippen molar-refractivity contribution in [3.05, 3.63) is 10.6 Å². The summed E-state index contributed by atoms with van der Waals surface area (Å²) in [6.45, 7) is 13.1. The second-order valence-corrected chi connectivity index (χ2v) is 7.72. The lowest BCUT2D eigenvalue weighted by atomic mass is 10.1. The van der Waals surface area contributed by atoms with E-state index < -0.39 is 0 Å². The van der Waals surface area contributed by atoms with Gasteiger partial charge in [-0.05, 0) is 34.6 Å². The van der Waals surface area contributed by atoms with Gasteiger partial charge in [0.2, 0.25) is 5.91 Å². The zero-order chi connectivity index (χ0) is 17.1. The highest BCUT2D eigenvalue weighted by Gasteiger charge is 2.30. The number of aryl methyl sites for hydroxylation is 2. The summed E-state index contributed by atoms with van der Waals surface area (Å²) in [6.07, 6.45) is -0.318. The fourth-order valence-electron chi connectivity index (χ4n) is 2.89. The molecular weight excluding hydrogens is 312 g/mol. The number of nitrogens with zero attached hydrogens (tertiary/aromatic N) is 3. The molecule has 2 rings (SSSR count). The highest BCUT2D eigenvalue weighted by Crippen LogP contribution is 2.22. The third kappa shape index (κ3) is 4.73. The summed E-state index contributed by atoms with van der Waals surface area (Å²) in [4.78, 5) is 22.4. The Morgan fingerprint density at radius 3 is 2.65 bits per heavy atom. The fourth-order valence-corrected chi connectivity index (χ4v) is 3.71. The number of carbonyl (C=O) groups is 1. The van der Waals surface area contributed by atoms with E-state index in [1.165, 1.54) is 11.3 Å². The Bertz CT molecular complexity index is 527. The van der Waals surface area contributed by atoms with Crippen molar-refractivity contribution >= 4 is 22.4 Å². The minimum absolute atomic E-state index is 0.00470. The highest BCUT2D eigenvalue weighted by atomic mass is 32.1. The van der Waals surface area contributed by atoms with Gasteiger partial charge < -0.3 is 10.4 Å². The molecule has 0 spiro atoms. The first kappa shape index (κ1) is 18.3. The predicted octanol–water partition coefficient (Wildman–Crippen LogP) is 1.47. The van der Waals surface area contributed by atoms with Crippen LogP contribution in [0.2, 0.25) is 0 Å². The number of rotatable bonds is 5. The number of β-amino-alcohol motifs (C(OH)–C–C–N with tert-alkyl or cyclic N) is 1. The van der Waals surface area contributed by atoms with Gasteiger partial charge in [-0.2, -0.15) is 0 Å². The maximum atomic E-state index is 12.5. The van der Waals surface area contributed by atoms with Crippen molar-refractivity contribution in [2.24, 2.45) is 0 Å². The summed E-state index contributed by atoms with van der Waals surface area (Å²) in [6, 6.07) is 0.147. The fraction of sp³-hybridized carbons (Fsp3) is 0.750. The molecule has 23 heavy (non-hydrogen) atoms. The van der Waals surface area contributed by atoms with Crippen LogP contribution in [0.5, 0.6) is 0 Å². The van der Waals surface area contributed by atoms with Crippen LogP contribution in [0.3, 0.4) is 0 Å². The molecule has 1 amide bonds. The Labute approximate surface area is 142 Å². The molecule has 1 fully saturated rings. The van der Waals surface area contributed by atoms with Gasteiger partial charge in [0.1, 0.15) is 0 Å². The third-order valence-corrected chi connectivity index (χ3v) is 5.47. The molecule has 0 aliphatic carbocycles. The van der Waals surface area contributed by atoms with Crippen molar-refractivity contribution in [3.8, 4) is 0 Å². The normalized spacial score (nSPS) is 22.8. The monoisotopic (exact) mass is 340 g/mol. The van der Waals surface area contributed by atoms with Crippen molar-refractivity contribution < 1.29 is 9.90 Å². The third-order valence-electron chi connectivity index (χ3n) is 4.48. The molecule has 130 valence electrons. The largest absolute Gasteiger partial charge is 0.392 e. The maximum Gasteiger partial charge on any atom is 0.243 e. The van der Waals surface area contributed by atoms with E-state index in [1.807, 2.05) is 27.7 Å². The highest BCUT2D eigenvalue weighted by molar-refractivity contribution is 7.15. The van der Waals surface area contributed by atoms with Crippen LogP contribution in [0.4, 0.5) is 5.13 Å². The lowest BCUT2D eigenvalue weighted by molar-refractivity contribution is -0.122. The lowest BCUT2D eigenvalue weighted by Crippen LogP contribution is -2.57. The number of aliphatic hydroxyl groups is 1. The van der Waals surface area contributed by atoms with Crippen LogP contribution >= 0.6 is 11.3 Å². The van der Waals surface area contributed by atoms with Crippen molar-refractivity contribution in [1.82, 2.24) is 14.8 Å². The molecule has 7 heteroatoms. The number of nitrogens with one attached hydrogen (secondary N) is 1. The first-order valence-corrected chi connectivity index (χ1v) is 9.00. The van der Waals surface area contributed by atoms with Gasteiger partial charge in [0, 0.05) is 37.1 Å². The summed E-state index contributed by atoms with van der Waals surface area (Å²) in [5.41, 5.74) is 0.971. The number of hydrogen-bond donors (Lipinski definition) is 2. The van der Waals surface area contributed by atoms with E-state index in [4.69, 9.17) is 0 Å². The number of amides is 1. The summed E-state index contributed by atoms with van der Waals surface area (Å²) < 4.78 is 0. The quantitative estimate of drug-likeness (QED) is 0.850. The van der Waals surface area contributed by atoms with E-state index in [-0.39, 0.29) is 18.1 Å². The van der Waals surface area contributed by atoms with Crippen LogP contribution in [-0.4, -0.2) is 70.2 Å². The number of anilines is 1. The first-order chi connectivity index (χ1) is 10.8. The summed E-state index contributed by atoms with van der Waals surface area (Å²) >= 11 is 1.52. The molecule has 1 aromatic rings. The summed E-state index contributed by atoms with van der Waals surface area (Å²) in [5.74, 6) is -0.00470. The van der Waals surface area contributed by atoms with Crippen LogP contribution in [-0.2, 0) is 4.79 Å². The van der Waals surface area contributed by atoms with Crippen LogP contribution in [0, 0.1) is 13.8 Å². The number of piperazine rings is 1. The zero-order valence-electron chi connectivity index (χ0n) is 14.7. The molecule has 3 atom stereocenters. The van der Waals surface area contributed by atoms with Gasteiger partial charge in [-0.25, -0.2) is 4.98 Å². The molecule has 3 unspecified atom stereocenters. The molecule has 2 heterocycles. The molecule has 0 radical (unpaired) electrons.